The maximum Gasteiger partial charge on any atom is 0.324 e. The van der Waals surface area contributed by atoms with Crippen LogP contribution in [0.25, 0.3) is 0 Å². The lowest BCUT2D eigenvalue weighted by Gasteiger charge is -2.39. The van der Waals surface area contributed by atoms with E-state index >= 15 is 0 Å². The number of carboxylic acid groups (broad SMARTS) is 1. The first-order valence-electron chi connectivity index (χ1n) is 7.84. The number of nitrogens with one attached hydrogen (secondary N) is 1. The van der Waals surface area contributed by atoms with Crippen molar-refractivity contribution < 1.29 is 9.90 Å². The quantitative estimate of drug-likeness (QED) is 0.703. The largest absolute Gasteiger partial charge is 0.480 e. The minimum Gasteiger partial charge on any atom is -0.480 e. The maximum absolute atomic E-state index is 11.5. The average molecular weight is 285 g/mol. The first-order valence-corrected chi connectivity index (χ1v) is 7.84. The molecule has 0 spiro atoms. The molecule has 1 rings (SSSR count). The molecular formula is C15H31N3O2. The summed E-state index contributed by atoms with van der Waals surface area (Å²) < 4.78 is 0. The molecule has 1 atom stereocenters. The number of rotatable bonds is 8. The molecule has 5 nitrogen and oxygen atoms in total. The Kier molecular flexibility index (Phi) is 6.92. The SMILES string of the molecule is CCCNC(C)(CN(C)C1CCN(CC)CC1)C(=O)O. The van der Waals surface area contributed by atoms with Gasteiger partial charge in [-0.2, -0.15) is 0 Å². The van der Waals surface area contributed by atoms with Crippen molar-refractivity contribution in [2.24, 2.45) is 0 Å². The Morgan fingerprint density at radius 3 is 2.45 bits per heavy atom. The molecule has 0 radical (unpaired) electrons. The van der Waals surface area contributed by atoms with Crippen LogP contribution >= 0.6 is 0 Å². The predicted octanol–water partition coefficient (Wildman–Crippen LogP) is 1.25. The zero-order valence-electron chi connectivity index (χ0n) is 13.5. The van der Waals surface area contributed by atoms with Gasteiger partial charge in [-0.1, -0.05) is 13.8 Å². The van der Waals surface area contributed by atoms with Crippen LogP contribution in [0.5, 0.6) is 0 Å². The van der Waals surface area contributed by atoms with Gasteiger partial charge in [-0.25, -0.2) is 0 Å². The van der Waals surface area contributed by atoms with Gasteiger partial charge in [-0.15, -0.1) is 0 Å². The lowest BCUT2D eigenvalue weighted by atomic mass is 9.98. The number of likely N-dealkylation sites (N-methyl/N-ethyl adjacent to an activating group) is 1. The third-order valence-corrected chi connectivity index (χ3v) is 4.43. The Bertz CT molecular complexity index is 303. The third kappa shape index (κ3) is 4.72. The van der Waals surface area contributed by atoms with Crippen molar-refractivity contribution in [2.75, 3.05) is 39.8 Å². The summed E-state index contributed by atoms with van der Waals surface area (Å²) >= 11 is 0. The van der Waals surface area contributed by atoms with E-state index in [9.17, 15) is 9.90 Å². The third-order valence-electron chi connectivity index (χ3n) is 4.43. The highest BCUT2D eigenvalue weighted by atomic mass is 16.4. The molecule has 2 N–H and O–H groups in total. The molecule has 1 heterocycles. The number of carbonyl (C=O) groups is 1. The van der Waals surface area contributed by atoms with Crippen molar-refractivity contribution in [3.05, 3.63) is 0 Å². The molecule has 5 heteroatoms. The molecule has 1 fully saturated rings. The monoisotopic (exact) mass is 285 g/mol. The fraction of sp³-hybridized carbons (Fsp3) is 0.933. The number of hydrogen-bond acceptors (Lipinski definition) is 4. The summed E-state index contributed by atoms with van der Waals surface area (Å²) in [4.78, 5) is 16.2. The summed E-state index contributed by atoms with van der Waals surface area (Å²) in [5.41, 5.74) is -0.855. The zero-order chi connectivity index (χ0) is 15.2. The molecule has 0 bridgehead atoms. The highest BCUT2D eigenvalue weighted by Crippen LogP contribution is 2.18. The number of nitrogens with zero attached hydrogens (tertiary/aromatic N) is 2. The molecule has 0 aromatic rings. The number of carboxylic acids is 1. The summed E-state index contributed by atoms with van der Waals surface area (Å²) in [6.07, 6.45) is 3.21. The van der Waals surface area contributed by atoms with Crippen molar-refractivity contribution in [3.8, 4) is 0 Å². The number of aliphatic carboxylic acids is 1. The summed E-state index contributed by atoms with van der Waals surface area (Å²) in [6, 6.07) is 0.500. The van der Waals surface area contributed by atoms with Gasteiger partial charge in [0.15, 0.2) is 0 Å². The first kappa shape index (κ1) is 17.4. The fourth-order valence-electron chi connectivity index (χ4n) is 2.90. The molecule has 0 aromatic carbocycles. The number of hydrogen-bond donors (Lipinski definition) is 2. The van der Waals surface area contributed by atoms with Crippen molar-refractivity contribution in [1.29, 1.82) is 0 Å². The van der Waals surface area contributed by atoms with Crippen molar-refractivity contribution in [2.45, 2.75) is 51.6 Å². The van der Waals surface area contributed by atoms with Crippen molar-refractivity contribution in [3.63, 3.8) is 0 Å². The Morgan fingerprint density at radius 2 is 2.00 bits per heavy atom. The van der Waals surface area contributed by atoms with Crippen LogP contribution in [0.1, 0.15) is 40.0 Å². The van der Waals surface area contributed by atoms with E-state index in [1.54, 1.807) is 6.92 Å². The van der Waals surface area contributed by atoms with E-state index in [4.69, 9.17) is 0 Å². The average Bonchev–Trinajstić information content (AvgIpc) is 2.45. The van der Waals surface area contributed by atoms with Crippen LogP contribution in [-0.2, 0) is 4.79 Å². The van der Waals surface area contributed by atoms with E-state index in [-0.39, 0.29) is 0 Å². The molecule has 1 saturated heterocycles. The van der Waals surface area contributed by atoms with E-state index in [0.717, 1.165) is 45.4 Å². The van der Waals surface area contributed by atoms with Crippen LogP contribution in [0, 0.1) is 0 Å². The van der Waals surface area contributed by atoms with E-state index < -0.39 is 11.5 Å². The van der Waals surface area contributed by atoms with Crippen molar-refractivity contribution >= 4 is 5.97 Å². The van der Waals surface area contributed by atoms with Crippen LogP contribution in [-0.4, -0.2) is 72.2 Å². The molecule has 1 aliphatic heterocycles. The van der Waals surface area contributed by atoms with Gasteiger partial charge in [0.2, 0.25) is 0 Å². The van der Waals surface area contributed by atoms with Gasteiger partial charge in [-0.05, 0) is 59.4 Å². The smallest absolute Gasteiger partial charge is 0.324 e. The molecule has 118 valence electrons. The van der Waals surface area contributed by atoms with Crippen LogP contribution in [0.4, 0.5) is 0 Å². The van der Waals surface area contributed by atoms with E-state index in [2.05, 4.69) is 36.0 Å². The van der Waals surface area contributed by atoms with Gasteiger partial charge in [-0.3, -0.25) is 4.79 Å². The normalized spacial score (nSPS) is 21.1. The number of piperidine rings is 1. The van der Waals surface area contributed by atoms with E-state index in [1.165, 1.54) is 0 Å². The summed E-state index contributed by atoms with van der Waals surface area (Å²) in [6.45, 7) is 10.7. The lowest BCUT2D eigenvalue weighted by molar-refractivity contribution is -0.145. The van der Waals surface area contributed by atoms with Gasteiger partial charge in [0.25, 0.3) is 0 Å². The lowest BCUT2D eigenvalue weighted by Crippen LogP contribution is -2.58. The molecular weight excluding hydrogens is 254 g/mol. The molecule has 1 aliphatic rings. The van der Waals surface area contributed by atoms with Crippen LogP contribution in [0.15, 0.2) is 0 Å². The van der Waals surface area contributed by atoms with Crippen molar-refractivity contribution in [1.82, 2.24) is 15.1 Å². The second-order valence-corrected chi connectivity index (χ2v) is 6.14. The Hall–Kier alpha value is -0.650. The molecule has 0 aromatic heterocycles. The Balaban J connectivity index is 2.53. The minimum absolute atomic E-state index is 0.500. The topological polar surface area (TPSA) is 55.8 Å². The second-order valence-electron chi connectivity index (χ2n) is 6.14. The summed E-state index contributed by atoms with van der Waals surface area (Å²) in [7, 11) is 2.06. The highest BCUT2D eigenvalue weighted by molar-refractivity contribution is 5.78. The zero-order valence-corrected chi connectivity index (χ0v) is 13.5. The molecule has 0 saturated carbocycles. The first-order chi connectivity index (χ1) is 9.42. The Morgan fingerprint density at radius 1 is 1.40 bits per heavy atom. The molecule has 0 amide bonds. The summed E-state index contributed by atoms with van der Waals surface area (Å²) in [5.74, 6) is -0.760. The van der Waals surface area contributed by atoms with E-state index in [1.807, 2.05) is 0 Å². The standard InChI is InChI=1S/C15H31N3O2/c1-5-9-16-15(3,14(19)20)12-17(4)13-7-10-18(6-2)11-8-13/h13,16H,5-12H2,1-4H3,(H,19,20). The number of likely N-dealkylation sites (tertiary alicyclic amines) is 1. The van der Waals surface area contributed by atoms with Crippen LogP contribution in [0.3, 0.4) is 0 Å². The van der Waals surface area contributed by atoms with E-state index in [0.29, 0.717) is 12.6 Å². The predicted molar refractivity (Wildman–Crippen MR) is 82.1 cm³/mol. The van der Waals surface area contributed by atoms with Gasteiger partial charge in [0.05, 0.1) is 0 Å². The van der Waals surface area contributed by atoms with Gasteiger partial charge in [0.1, 0.15) is 5.54 Å². The van der Waals surface area contributed by atoms with Crippen LogP contribution < -0.4 is 5.32 Å². The minimum atomic E-state index is -0.855. The van der Waals surface area contributed by atoms with Gasteiger partial charge < -0.3 is 20.2 Å². The second kappa shape index (κ2) is 7.96. The molecule has 0 aliphatic carbocycles. The van der Waals surface area contributed by atoms with Gasteiger partial charge in [0, 0.05) is 12.6 Å². The highest BCUT2D eigenvalue weighted by Gasteiger charge is 2.35. The van der Waals surface area contributed by atoms with Crippen LogP contribution in [0.2, 0.25) is 0 Å². The molecule has 1 unspecified atom stereocenters. The maximum atomic E-state index is 11.5. The molecule has 20 heavy (non-hydrogen) atoms. The summed E-state index contributed by atoms with van der Waals surface area (Å²) in [5, 5.41) is 12.7. The fourth-order valence-corrected chi connectivity index (χ4v) is 2.90. The van der Waals surface area contributed by atoms with Gasteiger partial charge >= 0.3 is 5.97 Å². The Labute approximate surface area is 123 Å².